The van der Waals surface area contributed by atoms with Gasteiger partial charge >= 0.3 is 0 Å². The van der Waals surface area contributed by atoms with Gasteiger partial charge in [-0.3, -0.25) is 13.9 Å². The molecule has 1 N–H and O–H groups in total. The Morgan fingerprint density at radius 2 is 1.62 bits per heavy atom. The first-order valence-electron chi connectivity index (χ1n) is 12.8. The van der Waals surface area contributed by atoms with Gasteiger partial charge in [0.1, 0.15) is 12.6 Å². The normalized spacial score (nSPS) is 12.2. The van der Waals surface area contributed by atoms with E-state index in [0.717, 1.165) is 21.7 Å². The summed E-state index contributed by atoms with van der Waals surface area (Å²) in [4.78, 5) is 29.1. The van der Waals surface area contributed by atoms with Gasteiger partial charge in [-0.1, -0.05) is 86.1 Å². The average Bonchev–Trinajstić information content (AvgIpc) is 2.88. The van der Waals surface area contributed by atoms with Crippen LogP contribution in [0.25, 0.3) is 0 Å². The minimum atomic E-state index is -3.81. The number of nitrogens with one attached hydrogen (secondary N) is 1. The molecule has 0 saturated carbocycles. The van der Waals surface area contributed by atoms with E-state index in [2.05, 4.69) is 5.32 Å². The van der Waals surface area contributed by atoms with Crippen molar-refractivity contribution in [3.8, 4) is 0 Å². The van der Waals surface area contributed by atoms with Gasteiger partial charge in [-0.15, -0.1) is 0 Å². The number of hydrogen-bond acceptors (Lipinski definition) is 4. The maximum Gasteiger partial charge on any atom is 0.244 e. The number of nitrogens with zero attached hydrogens (tertiary/aromatic N) is 2. The van der Waals surface area contributed by atoms with Crippen molar-refractivity contribution in [2.75, 3.05) is 23.7 Å². The summed E-state index contributed by atoms with van der Waals surface area (Å²) < 4.78 is 26.8. The van der Waals surface area contributed by atoms with E-state index in [1.165, 1.54) is 4.90 Å². The molecular formula is C30H36ClN3O4S. The molecule has 2 amide bonds. The lowest BCUT2D eigenvalue weighted by Gasteiger charge is -2.34. The predicted molar refractivity (Wildman–Crippen MR) is 157 cm³/mol. The van der Waals surface area contributed by atoms with Crippen molar-refractivity contribution >= 4 is 39.1 Å². The highest BCUT2D eigenvalue weighted by Gasteiger charge is 2.33. The molecule has 0 aliphatic heterocycles. The second-order valence-corrected chi connectivity index (χ2v) is 12.4. The molecule has 0 heterocycles. The number of anilines is 1. The summed E-state index contributed by atoms with van der Waals surface area (Å²) in [5.41, 5.74) is 2.77. The van der Waals surface area contributed by atoms with Crippen molar-refractivity contribution in [2.24, 2.45) is 5.92 Å². The summed E-state index contributed by atoms with van der Waals surface area (Å²) in [5, 5.41) is 3.42. The van der Waals surface area contributed by atoms with Crippen LogP contribution in [0, 0.1) is 12.8 Å². The second kappa shape index (κ2) is 13.6. The number of benzene rings is 3. The first-order chi connectivity index (χ1) is 18.5. The molecule has 0 aromatic heterocycles. The summed E-state index contributed by atoms with van der Waals surface area (Å²) >= 11 is 6.47. The molecule has 1 atom stereocenters. The van der Waals surface area contributed by atoms with Crippen LogP contribution in [-0.4, -0.2) is 50.5 Å². The number of sulfonamides is 1. The number of rotatable bonds is 12. The van der Waals surface area contributed by atoms with Gasteiger partial charge in [0, 0.05) is 24.5 Å². The molecule has 0 saturated heterocycles. The monoisotopic (exact) mass is 569 g/mol. The lowest BCUT2D eigenvalue weighted by atomic mass is 10.0. The minimum Gasteiger partial charge on any atom is -0.354 e. The van der Waals surface area contributed by atoms with E-state index in [4.69, 9.17) is 11.6 Å². The van der Waals surface area contributed by atoms with Gasteiger partial charge in [-0.05, 0) is 47.7 Å². The van der Waals surface area contributed by atoms with Gasteiger partial charge < -0.3 is 10.2 Å². The highest BCUT2D eigenvalue weighted by Crippen LogP contribution is 2.23. The van der Waals surface area contributed by atoms with Gasteiger partial charge in [0.25, 0.3) is 0 Å². The number of hydrogen-bond donors (Lipinski definition) is 1. The van der Waals surface area contributed by atoms with Crippen LogP contribution in [0.1, 0.15) is 30.5 Å². The van der Waals surface area contributed by atoms with E-state index in [1.54, 1.807) is 36.4 Å². The van der Waals surface area contributed by atoms with E-state index in [1.807, 2.05) is 63.2 Å². The van der Waals surface area contributed by atoms with Crippen LogP contribution < -0.4 is 9.62 Å². The SMILES string of the molecule is Cc1cccc(N(CC(=O)N(Cc2ccccc2Cl)[C@H](Cc2ccccc2)C(=O)NCC(C)C)S(C)(=O)=O)c1. The number of carbonyl (C=O) groups excluding carboxylic acids is 2. The largest absolute Gasteiger partial charge is 0.354 e. The summed E-state index contributed by atoms with van der Waals surface area (Å²) in [5.74, 6) is -0.613. The molecular weight excluding hydrogens is 534 g/mol. The van der Waals surface area contributed by atoms with E-state index in [9.17, 15) is 18.0 Å². The molecule has 0 unspecified atom stereocenters. The van der Waals surface area contributed by atoms with Crippen LogP contribution in [0.15, 0.2) is 78.9 Å². The molecule has 208 valence electrons. The van der Waals surface area contributed by atoms with Crippen molar-refractivity contribution in [1.29, 1.82) is 0 Å². The number of halogens is 1. The quantitative estimate of drug-likeness (QED) is 0.338. The first kappa shape index (κ1) is 30.2. The molecule has 0 radical (unpaired) electrons. The molecule has 7 nitrogen and oxygen atoms in total. The molecule has 3 aromatic rings. The van der Waals surface area contributed by atoms with E-state index in [0.29, 0.717) is 22.8 Å². The maximum absolute atomic E-state index is 14.0. The van der Waals surface area contributed by atoms with Crippen LogP contribution >= 0.6 is 11.6 Å². The van der Waals surface area contributed by atoms with Gasteiger partial charge in [0.2, 0.25) is 21.8 Å². The van der Waals surface area contributed by atoms with Crippen molar-refractivity contribution in [2.45, 2.75) is 39.8 Å². The first-order valence-corrected chi connectivity index (χ1v) is 15.1. The third kappa shape index (κ3) is 8.83. The zero-order chi connectivity index (χ0) is 28.6. The van der Waals surface area contributed by atoms with Crippen LogP contribution in [-0.2, 0) is 32.6 Å². The van der Waals surface area contributed by atoms with Crippen molar-refractivity contribution in [3.05, 3.63) is 101 Å². The standard InChI is InChI=1S/C30H36ClN3O4S/c1-22(2)19-32-30(36)28(18-24-12-6-5-7-13-24)33(20-25-14-8-9-16-27(25)31)29(35)21-34(39(4,37)38)26-15-10-11-23(3)17-26/h5-17,22,28H,18-21H2,1-4H3,(H,32,36)/t28-/m1/s1. The Labute approximate surface area is 236 Å². The Bertz CT molecular complexity index is 1380. The molecule has 0 aliphatic carbocycles. The molecule has 0 fully saturated rings. The van der Waals surface area contributed by atoms with Crippen LogP contribution in [0.5, 0.6) is 0 Å². The second-order valence-electron chi connectivity index (χ2n) is 10.1. The van der Waals surface area contributed by atoms with Crippen LogP contribution in [0.4, 0.5) is 5.69 Å². The lowest BCUT2D eigenvalue weighted by Crippen LogP contribution is -2.53. The average molecular weight is 570 g/mol. The third-order valence-electron chi connectivity index (χ3n) is 6.22. The Kier molecular flexibility index (Phi) is 10.5. The predicted octanol–water partition coefficient (Wildman–Crippen LogP) is 4.83. The van der Waals surface area contributed by atoms with Crippen LogP contribution in [0.2, 0.25) is 5.02 Å². The van der Waals surface area contributed by atoms with Gasteiger partial charge in [-0.25, -0.2) is 8.42 Å². The van der Waals surface area contributed by atoms with Gasteiger partial charge in [0.05, 0.1) is 11.9 Å². The maximum atomic E-state index is 14.0. The molecule has 0 spiro atoms. The summed E-state index contributed by atoms with van der Waals surface area (Å²) in [6.07, 6.45) is 1.32. The molecule has 39 heavy (non-hydrogen) atoms. The lowest BCUT2D eigenvalue weighted by molar-refractivity contribution is -0.140. The van der Waals surface area contributed by atoms with Crippen molar-refractivity contribution < 1.29 is 18.0 Å². The fourth-order valence-electron chi connectivity index (χ4n) is 4.18. The third-order valence-corrected chi connectivity index (χ3v) is 7.73. The molecule has 9 heteroatoms. The van der Waals surface area contributed by atoms with Gasteiger partial charge in [0.15, 0.2) is 0 Å². The summed E-state index contributed by atoms with van der Waals surface area (Å²) in [6, 6.07) is 22.6. The Balaban J connectivity index is 2.06. The Hall–Kier alpha value is -3.36. The minimum absolute atomic E-state index is 0.0382. The molecule has 3 aromatic carbocycles. The van der Waals surface area contributed by atoms with Gasteiger partial charge in [-0.2, -0.15) is 0 Å². The highest BCUT2D eigenvalue weighted by molar-refractivity contribution is 7.92. The molecule has 3 rings (SSSR count). The number of aryl methyl sites for hydroxylation is 1. The number of amides is 2. The number of carbonyl (C=O) groups is 2. The Morgan fingerprint density at radius 1 is 0.949 bits per heavy atom. The van der Waals surface area contributed by atoms with E-state index in [-0.39, 0.29) is 24.8 Å². The summed E-state index contributed by atoms with van der Waals surface area (Å²) in [7, 11) is -3.81. The molecule has 0 bridgehead atoms. The zero-order valence-electron chi connectivity index (χ0n) is 22.8. The summed E-state index contributed by atoms with van der Waals surface area (Å²) in [6.45, 7) is 5.85. The highest BCUT2D eigenvalue weighted by atomic mass is 35.5. The van der Waals surface area contributed by atoms with Crippen LogP contribution in [0.3, 0.4) is 0 Å². The van der Waals surface area contributed by atoms with E-state index < -0.39 is 28.5 Å². The van der Waals surface area contributed by atoms with E-state index >= 15 is 0 Å². The molecule has 0 aliphatic rings. The zero-order valence-corrected chi connectivity index (χ0v) is 24.4. The van der Waals surface area contributed by atoms with Crippen molar-refractivity contribution in [3.63, 3.8) is 0 Å². The smallest absolute Gasteiger partial charge is 0.244 e. The Morgan fingerprint density at radius 3 is 2.23 bits per heavy atom. The van der Waals surface area contributed by atoms with Crippen molar-refractivity contribution in [1.82, 2.24) is 10.2 Å². The fourth-order valence-corrected chi connectivity index (χ4v) is 5.22. The fraction of sp³-hybridized carbons (Fsp3) is 0.333. The topological polar surface area (TPSA) is 86.8 Å².